The van der Waals surface area contributed by atoms with Crippen LogP contribution >= 0.6 is 11.6 Å². The van der Waals surface area contributed by atoms with Gasteiger partial charge in [0.2, 0.25) is 21.9 Å². The molecule has 1 saturated heterocycles. The molecule has 1 N–H and O–H groups in total. The summed E-state index contributed by atoms with van der Waals surface area (Å²) in [6, 6.07) is 21.7. The van der Waals surface area contributed by atoms with Crippen molar-refractivity contribution >= 4 is 33.5 Å². The third-order valence-corrected chi connectivity index (χ3v) is 8.90. The van der Waals surface area contributed by atoms with Gasteiger partial charge in [0.25, 0.3) is 0 Å². The summed E-state index contributed by atoms with van der Waals surface area (Å²) in [4.78, 5) is 18.2. The van der Waals surface area contributed by atoms with E-state index in [0.29, 0.717) is 17.3 Å². The molecule has 8 nitrogen and oxygen atoms in total. The average Bonchev–Trinajstić information content (AvgIpc) is 3.60. The number of sulfonamides is 1. The molecule has 1 aromatic heterocycles. The van der Waals surface area contributed by atoms with Crippen molar-refractivity contribution in [2.75, 3.05) is 25.0 Å². The summed E-state index contributed by atoms with van der Waals surface area (Å²) in [6.45, 7) is 4.18. The van der Waals surface area contributed by atoms with Crippen LogP contribution in [0.3, 0.4) is 0 Å². The first-order chi connectivity index (χ1) is 19.2. The lowest BCUT2D eigenvalue weighted by atomic mass is 10.2. The number of carbonyl (C=O) groups is 1. The van der Waals surface area contributed by atoms with Crippen LogP contribution < -0.4 is 5.32 Å². The van der Waals surface area contributed by atoms with E-state index >= 15 is 0 Å². The topological polar surface area (TPSA) is 93.5 Å². The van der Waals surface area contributed by atoms with Crippen molar-refractivity contribution in [3.8, 4) is 16.9 Å². The van der Waals surface area contributed by atoms with Gasteiger partial charge in [0.05, 0.1) is 23.2 Å². The Morgan fingerprint density at radius 2 is 1.68 bits per heavy atom. The summed E-state index contributed by atoms with van der Waals surface area (Å²) in [5.74, 6) is -0.223. The number of aryl methyl sites for hydroxylation is 2. The minimum atomic E-state index is -3.95. The predicted octanol–water partition coefficient (Wildman–Crippen LogP) is 5.62. The number of benzene rings is 3. The van der Waals surface area contributed by atoms with Gasteiger partial charge in [-0.15, -0.1) is 0 Å². The second-order valence-electron chi connectivity index (χ2n) is 9.96. The Labute approximate surface area is 239 Å². The molecule has 1 atom stereocenters. The van der Waals surface area contributed by atoms with Gasteiger partial charge in [-0.25, -0.2) is 13.4 Å². The summed E-state index contributed by atoms with van der Waals surface area (Å²) >= 11 is 6.07. The first kappa shape index (κ1) is 28.0. The van der Waals surface area contributed by atoms with Gasteiger partial charge in [-0.1, -0.05) is 59.1 Å². The average molecular weight is 579 g/mol. The minimum absolute atomic E-state index is 0.0893. The molecule has 10 heteroatoms. The molecule has 1 aliphatic rings. The SMILES string of the molecule is Cc1ccc(-n2cc(-c3ccc(Cl)cc3)nc2NC(=O)CN(C[C@H]2CCCO2)S(=O)(=O)c2ccc(C)cc2)cc1. The number of carbonyl (C=O) groups excluding carboxylic acids is 1. The molecule has 208 valence electrons. The van der Waals surface area contributed by atoms with E-state index in [-0.39, 0.29) is 30.0 Å². The molecule has 0 unspecified atom stereocenters. The van der Waals surface area contributed by atoms with Crippen molar-refractivity contribution in [1.82, 2.24) is 13.9 Å². The van der Waals surface area contributed by atoms with Crippen LogP contribution in [0.1, 0.15) is 24.0 Å². The molecule has 4 aromatic rings. The Morgan fingerprint density at radius 1 is 1.02 bits per heavy atom. The molecular weight excluding hydrogens is 548 g/mol. The number of anilines is 1. The number of imidazole rings is 1. The summed E-state index contributed by atoms with van der Waals surface area (Å²) in [6.07, 6.45) is 3.16. The zero-order chi connectivity index (χ0) is 28.3. The lowest BCUT2D eigenvalue weighted by Gasteiger charge is -2.24. The monoisotopic (exact) mass is 578 g/mol. The molecule has 0 aliphatic carbocycles. The maximum atomic E-state index is 13.6. The van der Waals surface area contributed by atoms with Gasteiger partial charge in [0, 0.05) is 35.6 Å². The smallest absolute Gasteiger partial charge is 0.243 e. The van der Waals surface area contributed by atoms with Crippen molar-refractivity contribution < 1.29 is 17.9 Å². The van der Waals surface area contributed by atoms with Gasteiger partial charge < -0.3 is 4.74 Å². The number of halogens is 1. The predicted molar refractivity (Wildman–Crippen MR) is 156 cm³/mol. The Kier molecular flexibility index (Phi) is 8.37. The molecule has 1 fully saturated rings. The summed E-state index contributed by atoms with van der Waals surface area (Å²) in [5.41, 5.74) is 4.31. The molecule has 2 heterocycles. The molecule has 5 rings (SSSR count). The van der Waals surface area contributed by atoms with Gasteiger partial charge in [-0.3, -0.25) is 14.7 Å². The minimum Gasteiger partial charge on any atom is -0.377 e. The lowest BCUT2D eigenvalue weighted by molar-refractivity contribution is -0.116. The number of hydrogen-bond acceptors (Lipinski definition) is 5. The number of rotatable bonds is 9. The van der Waals surface area contributed by atoms with Crippen LogP contribution in [0, 0.1) is 13.8 Å². The van der Waals surface area contributed by atoms with Gasteiger partial charge in [0.1, 0.15) is 0 Å². The van der Waals surface area contributed by atoms with Crippen LogP contribution in [-0.2, 0) is 19.6 Å². The van der Waals surface area contributed by atoms with Crippen molar-refractivity contribution in [3.05, 3.63) is 95.1 Å². The Balaban J connectivity index is 1.44. The third kappa shape index (κ3) is 6.45. The summed E-state index contributed by atoms with van der Waals surface area (Å²) in [5, 5.41) is 3.46. The van der Waals surface area contributed by atoms with Gasteiger partial charge >= 0.3 is 0 Å². The lowest BCUT2D eigenvalue weighted by Crippen LogP contribution is -2.42. The second-order valence-corrected chi connectivity index (χ2v) is 12.3. The van der Waals surface area contributed by atoms with Crippen molar-refractivity contribution in [2.24, 2.45) is 0 Å². The molecule has 40 heavy (non-hydrogen) atoms. The number of amides is 1. The van der Waals surface area contributed by atoms with E-state index in [1.807, 2.05) is 56.4 Å². The first-order valence-corrected chi connectivity index (χ1v) is 14.9. The van der Waals surface area contributed by atoms with E-state index in [2.05, 4.69) is 10.3 Å². The highest BCUT2D eigenvalue weighted by molar-refractivity contribution is 7.89. The zero-order valence-electron chi connectivity index (χ0n) is 22.4. The largest absolute Gasteiger partial charge is 0.377 e. The molecule has 0 saturated carbocycles. The van der Waals surface area contributed by atoms with E-state index < -0.39 is 15.9 Å². The van der Waals surface area contributed by atoms with E-state index in [0.717, 1.165) is 35.2 Å². The van der Waals surface area contributed by atoms with E-state index in [9.17, 15) is 13.2 Å². The maximum Gasteiger partial charge on any atom is 0.243 e. The highest BCUT2D eigenvalue weighted by Gasteiger charge is 2.31. The van der Waals surface area contributed by atoms with Gasteiger partial charge in [0.15, 0.2) is 0 Å². The number of ether oxygens (including phenoxy) is 1. The Hall–Kier alpha value is -3.50. The second kappa shape index (κ2) is 11.9. The molecule has 1 amide bonds. The highest BCUT2D eigenvalue weighted by atomic mass is 35.5. The van der Waals surface area contributed by atoms with Crippen molar-refractivity contribution in [3.63, 3.8) is 0 Å². The third-order valence-electron chi connectivity index (χ3n) is 6.82. The van der Waals surface area contributed by atoms with E-state index in [4.69, 9.17) is 16.3 Å². The molecule has 0 radical (unpaired) electrons. The molecular formula is C30H31ClN4O4S. The van der Waals surface area contributed by atoms with Crippen LogP contribution in [0.25, 0.3) is 16.9 Å². The number of hydrogen-bond donors (Lipinski definition) is 1. The Bertz CT molecular complexity index is 1580. The van der Waals surface area contributed by atoms with Crippen LogP contribution in [0.5, 0.6) is 0 Å². The number of aromatic nitrogens is 2. The van der Waals surface area contributed by atoms with Crippen LogP contribution in [0.4, 0.5) is 5.95 Å². The van der Waals surface area contributed by atoms with Crippen LogP contribution in [-0.4, -0.2) is 54.0 Å². The number of nitrogens with one attached hydrogen (secondary N) is 1. The van der Waals surface area contributed by atoms with E-state index in [1.54, 1.807) is 41.0 Å². The van der Waals surface area contributed by atoms with Crippen LogP contribution in [0.15, 0.2) is 83.9 Å². The molecule has 0 spiro atoms. The molecule has 3 aromatic carbocycles. The fourth-order valence-corrected chi connectivity index (χ4v) is 6.13. The highest BCUT2D eigenvalue weighted by Crippen LogP contribution is 2.26. The van der Waals surface area contributed by atoms with Crippen molar-refractivity contribution in [2.45, 2.75) is 37.7 Å². The van der Waals surface area contributed by atoms with Gasteiger partial charge in [-0.05, 0) is 63.1 Å². The van der Waals surface area contributed by atoms with Crippen molar-refractivity contribution in [1.29, 1.82) is 0 Å². The fraction of sp³-hybridized carbons (Fsp3) is 0.267. The zero-order valence-corrected chi connectivity index (χ0v) is 24.0. The maximum absolute atomic E-state index is 13.6. The quantitative estimate of drug-likeness (QED) is 0.278. The number of nitrogens with zero attached hydrogens (tertiary/aromatic N) is 3. The Morgan fingerprint density at radius 3 is 2.30 bits per heavy atom. The fourth-order valence-electron chi connectivity index (χ4n) is 4.58. The van der Waals surface area contributed by atoms with E-state index in [1.165, 1.54) is 4.31 Å². The van der Waals surface area contributed by atoms with Crippen LogP contribution in [0.2, 0.25) is 5.02 Å². The summed E-state index contributed by atoms with van der Waals surface area (Å²) in [7, 11) is -3.95. The standard InChI is InChI=1S/C30H31ClN4O4S/c1-21-5-13-25(14-6-21)35-19-28(23-9-11-24(31)12-10-23)32-30(35)33-29(36)20-34(18-26-4-3-17-39-26)40(37,38)27-15-7-22(2)8-16-27/h5-16,19,26H,3-4,17-18,20H2,1-2H3,(H,32,33,36)/t26-/m1/s1. The van der Waals surface area contributed by atoms with Gasteiger partial charge in [-0.2, -0.15) is 4.31 Å². The normalized spacial score (nSPS) is 15.4. The summed E-state index contributed by atoms with van der Waals surface area (Å²) < 4.78 is 35.9. The first-order valence-electron chi connectivity index (χ1n) is 13.1. The molecule has 1 aliphatic heterocycles. The molecule has 0 bridgehead atoms.